The zero-order valence-corrected chi connectivity index (χ0v) is 17.5. The Labute approximate surface area is 174 Å². The first kappa shape index (κ1) is 22.7. The van der Waals surface area contributed by atoms with Gasteiger partial charge in [-0.2, -0.15) is 4.72 Å². The highest BCUT2D eigenvalue weighted by Crippen LogP contribution is 2.27. The summed E-state index contributed by atoms with van der Waals surface area (Å²) in [4.78, 5) is 23.9. The predicted octanol–water partition coefficient (Wildman–Crippen LogP) is 2.21. The molecule has 0 aliphatic rings. The molecule has 0 saturated heterocycles. The minimum atomic E-state index is -3.99. The number of anilines is 1. The molecule has 29 heavy (non-hydrogen) atoms. The number of nitrogens with two attached hydrogens (primary N) is 1. The van der Waals surface area contributed by atoms with Crippen LogP contribution < -0.4 is 20.5 Å². The number of aryl methyl sites for hydroxylation is 1. The van der Waals surface area contributed by atoms with Gasteiger partial charge in [0.2, 0.25) is 21.8 Å². The number of rotatable bonds is 9. The lowest BCUT2D eigenvalue weighted by Crippen LogP contribution is -2.44. The molecule has 0 aliphatic heterocycles. The first-order valence-electron chi connectivity index (χ1n) is 8.64. The summed E-state index contributed by atoms with van der Waals surface area (Å²) in [7, 11) is -2.53. The van der Waals surface area contributed by atoms with Crippen LogP contribution in [-0.4, -0.2) is 33.4 Å². The number of nitrogens with one attached hydrogen (secondary N) is 2. The molecule has 156 valence electrons. The number of halogens is 1. The molecular formula is C19H22ClN3O5S. The van der Waals surface area contributed by atoms with Crippen molar-refractivity contribution in [2.45, 2.75) is 30.7 Å². The number of carbonyl (C=O) groups is 2. The monoisotopic (exact) mass is 439 g/mol. The summed E-state index contributed by atoms with van der Waals surface area (Å²) in [6, 6.07) is 9.54. The smallest absolute Gasteiger partial charge is 0.242 e. The lowest BCUT2D eigenvalue weighted by atomic mass is 10.1. The van der Waals surface area contributed by atoms with Gasteiger partial charge < -0.3 is 15.8 Å². The van der Waals surface area contributed by atoms with E-state index >= 15 is 0 Å². The minimum absolute atomic E-state index is 0.00691. The summed E-state index contributed by atoms with van der Waals surface area (Å²) in [6.45, 7) is 1.83. The molecule has 0 radical (unpaired) electrons. The number of hydrogen-bond donors (Lipinski definition) is 3. The van der Waals surface area contributed by atoms with Gasteiger partial charge in [0.05, 0.1) is 17.0 Å². The van der Waals surface area contributed by atoms with Gasteiger partial charge in [0.1, 0.15) is 11.8 Å². The maximum absolute atomic E-state index is 12.7. The van der Waals surface area contributed by atoms with Crippen molar-refractivity contribution in [1.82, 2.24) is 4.72 Å². The van der Waals surface area contributed by atoms with E-state index in [4.69, 9.17) is 22.1 Å². The van der Waals surface area contributed by atoms with Crippen LogP contribution in [0.3, 0.4) is 0 Å². The first-order valence-corrected chi connectivity index (χ1v) is 10.5. The van der Waals surface area contributed by atoms with E-state index in [0.717, 1.165) is 5.56 Å². The number of carbonyl (C=O) groups excluding carboxylic acids is 2. The predicted molar refractivity (Wildman–Crippen MR) is 110 cm³/mol. The number of sulfonamides is 1. The molecule has 2 rings (SSSR count). The molecule has 0 aromatic heterocycles. The van der Waals surface area contributed by atoms with Crippen LogP contribution in [0.25, 0.3) is 0 Å². The van der Waals surface area contributed by atoms with Crippen LogP contribution in [0.4, 0.5) is 5.69 Å². The highest BCUT2D eigenvalue weighted by atomic mass is 35.5. The van der Waals surface area contributed by atoms with E-state index in [0.29, 0.717) is 11.4 Å². The largest absolute Gasteiger partial charge is 0.495 e. The Hall–Kier alpha value is -2.62. The number of methoxy groups -OCH3 is 1. The van der Waals surface area contributed by atoms with Gasteiger partial charge in [-0.1, -0.05) is 29.3 Å². The molecule has 0 spiro atoms. The number of hydrogen-bond acceptors (Lipinski definition) is 5. The Bertz CT molecular complexity index is 993. The lowest BCUT2D eigenvalue weighted by Gasteiger charge is -2.18. The van der Waals surface area contributed by atoms with Gasteiger partial charge in [0.25, 0.3) is 0 Å². The summed E-state index contributed by atoms with van der Waals surface area (Å²) in [5, 5.41) is 2.86. The van der Waals surface area contributed by atoms with E-state index in [1.54, 1.807) is 24.3 Å². The molecule has 1 atom stereocenters. The van der Waals surface area contributed by atoms with Gasteiger partial charge >= 0.3 is 0 Å². The number of primary amides is 1. The Morgan fingerprint density at radius 3 is 2.38 bits per heavy atom. The summed E-state index contributed by atoms with van der Waals surface area (Å²) < 4.78 is 32.7. The summed E-state index contributed by atoms with van der Waals surface area (Å²) in [5.74, 6) is -0.872. The second-order valence-corrected chi connectivity index (χ2v) is 8.45. The number of benzene rings is 2. The third-order valence-electron chi connectivity index (χ3n) is 4.04. The minimum Gasteiger partial charge on any atom is -0.495 e. The van der Waals surface area contributed by atoms with Crippen LogP contribution in [0.5, 0.6) is 5.75 Å². The third kappa shape index (κ3) is 6.45. The fraction of sp³-hybridized carbons (Fsp3) is 0.263. The average Bonchev–Trinajstić information content (AvgIpc) is 2.65. The Morgan fingerprint density at radius 1 is 1.17 bits per heavy atom. The molecule has 0 heterocycles. The van der Waals surface area contributed by atoms with Crippen LogP contribution in [0, 0.1) is 6.92 Å². The normalized spacial score (nSPS) is 12.2. The van der Waals surface area contributed by atoms with E-state index < -0.39 is 27.9 Å². The molecule has 4 N–H and O–H groups in total. The van der Waals surface area contributed by atoms with E-state index in [1.165, 1.54) is 25.3 Å². The van der Waals surface area contributed by atoms with E-state index in [-0.39, 0.29) is 22.8 Å². The maximum atomic E-state index is 12.7. The standard InChI is InChI=1S/C19H22ClN3O5S/c1-12-3-6-14(7-4-12)29(26,27)23-16(8-10-18(21)24)19(25)22-13-5-9-17(28-2)15(20)11-13/h3-7,9,11,16,23H,8,10H2,1-2H3,(H2,21,24)(H,22,25)/t16-/m1/s1. The SMILES string of the molecule is COc1ccc(NC(=O)[C@@H](CCC(N)=O)NS(=O)(=O)c2ccc(C)cc2)cc1Cl. The van der Waals surface area contributed by atoms with Crippen molar-refractivity contribution in [3.8, 4) is 5.75 Å². The van der Waals surface area contributed by atoms with Gasteiger partial charge in [0.15, 0.2) is 0 Å². The van der Waals surface area contributed by atoms with Crippen molar-refractivity contribution in [2.75, 3.05) is 12.4 Å². The van der Waals surface area contributed by atoms with Gasteiger partial charge in [0, 0.05) is 12.1 Å². The molecule has 0 fully saturated rings. The van der Waals surface area contributed by atoms with Crippen LogP contribution in [0.1, 0.15) is 18.4 Å². The highest BCUT2D eigenvalue weighted by molar-refractivity contribution is 7.89. The number of ether oxygens (including phenoxy) is 1. The van der Waals surface area contributed by atoms with Crippen molar-refractivity contribution in [3.05, 3.63) is 53.1 Å². The van der Waals surface area contributed by atoms with Crippen molar-refractivity contribution < 1.29 is 22.7 Å². The third-order valence-corrected chi connectivity index (χ3v) is 5.83. The lowest BCUT2D eigenvalue weighted by molar-refractivity contribution is -0.119. The summed E-state index contributed by atoms with van der Waals surface area (Å²) in [5.41, 5.74) is 6.40. The van der Waals surface area contributed by atoms with Gasteiger partial charge in [-0.05, 0) is 43.7 Å². The zero-order chi connectivity index (χ0) is 21.6. The van der Waals surface area contributed by atoms with Crippen molar-refractivity contribution in [1.29, 1.82) is 0 Å². The molecule has 10 heteroatoms. The topological polar surface area (TPSA) is 128 Å². The molecule has 0 unspecified atom stereocenters. The number of amides is 2. The average molecular weight is 440 g/mol. The van der Waals surface area contributed by atoms with Crippen LogP contribution in [-0.2, 0) is 19.6 Å². The van der Waals surface area contributed by atoms with E-state index in [9.17, 15) is 18.0 Å². The molecule has 2 amide bonds. The summed E-state index contributed by atoms with van der Waals surface area (Å²) in [6.07, 6.45) is -0.270. The zero-order valence-electron chi connectivity index (χ0n) is 15.9. The van der Waals surface area contributed by atoms with Gasteiger partial charge in [-0.25, -0.2) is 8.42 Å². The molecule has 2 aromatic rings. The fourth-order valence-corrected chi connectivity index (χ4v) is 3.96. The molecule has 2 aromatic carbocycles. The van der Waals surface area contributed by atoms with Crippen LogP contribution >= 0.6 is 11.6 Å². The molecular weight excluding hydrogens is 418 g/mol. The maximum Gasteiger partial charge on any atom is 0.242 e. The Kier molecular flexibility index (Phi) is 7.60. The molecule has 8 nitrogen and oxygen atoms in total. The van der Waals surface area contributed by atoms with E-state index in [1.807, 2.05) is 6.92 Å². The van der Waals surface area contributed by atoms with Gasteiger partial charge in [-0.3, -0.25) is 9.59 Å². The van der Waals surface area contributed by atoms with Gasteiger partial charge in [-0.15, -0.1) is 0 Å². The second kappa shape index (κ2) is 9.73. The molecule has 0 saturated carbocycles. The fourth-order valence-electron chi connectivity index (χ4n) is 2.48. The van der Waals surface area contributed by atoms with E-state index in [2.05, 4.69) is 10.0 Å². The summed E-state index contributed by atoms with van der Waals surface area (Å²) >= 11 is 6.05. The molecule has 0 aliphatic carbocycles. The Balaban J connectivity index is 2.22. The molecule has 0 bridgehead atoms. The van der Waals surface area contributed by atoms with Crippen LogP contribution in [0.15, 0.2) is 47.4 Å². The first-order chi connectivity index (χ1) is 13.6. The second-order valence-electron chi connectivity index (χ2n) is 6.33. The van der Waals surface area contributed by atoms with Crippen molar-refractivity contribution in [3.63, 3.8) is 0 Å². The van der Waals surface area contributed by atoms with Crippen LogP contribution in [0.2, 0.25) is 5.02 Å². The Morgan fingerprint density at radius 2 is 1.83 bits per heavy atom. The van der Waals surface area contributed by atoms with Crippen molar-refractivity contribution >= 4 is 39.1 Å². The van der Waals surface area contributed by atoms with Crippen molar-refractivity contribution in [2.24, 2.45) is 5.73 Å². The quantitative estimate of drug-likeness (QED) is 0.551. The highest BCUT2D eigenvalue weighted by Gasteiger charge is 2.26.